The van der Waals surface area contributed by atoms with E-state index in [4.69, 9.17) is 0 Å². The topological polar surface area (TPSA) is 50.1 Å². The number of aromatic nitrogens is 2. The van der Waals surface area contributed by atoms with Crippen LogP contribution in [0.4, 0.5) is 0 Å². The lowest BCUT2D eigenvalue weighted by Crippen LogP contribution is -2.36. The van der Waals surface area contributed by atoms with E-state index in [0.717, 1.165) is 44.6 Å². The fourth-order valence-corrected chi connectivity index (χ4v) is 2.54. The molecule has 0 spiro atoms. The van der Waals surface area contributed by atoms with Gasteiger partial charge in [-0.1, -0.05) is 6.92 Å². The zero-order valence-electron chi connectivity index (χ0n) is 10.6. The van der Waals surface area contributed by atoms with Crippen molar-refractivity contribution in [1.29, 1.82) is 0 Å². The molecule has 4 nitrogen and oxygen atoms in total. The Morgan fingerprint density at radius 2 is 2.41 bits per heavy atom. The average molecular weight is 237 g/mol. The van der Waals surface area contributed by atoms with Crippen LogP contribution in [0.5, 0.6) is 0 Å². The van der Waals surface area contributed by atoms with Gasteiger partial charge in [-0.15, -0.1) is 0 Å². The van der Waals surface area contributed by atoms with Crippen LogP contribution in [-0.2, 0) is 13.1 Å². The molecule has 0 aliphatic heterocycles. The highest BCUT2D eigenvalue weighted by Gasteiger charge is 2.19. The summed E-state index contributed by atoms with van der Waals surface area (Å²) in [6.45, 7) is 4.02. The quantitative estimate of drug-likeness (QED) is 0.819. The largest absolute Gasteiger partial charge is 0.393 e. The zero-order chi connectivity index (χ0) is 12.1. The molecule has 1 heterocycles. The summed E-state index contributed by atoms with van der Waals surface area (Å²) in [6.07, 6.45) is 9.06. The number of aliphatic hydroxyl groups is 1. The molecular weight excluding hydrogens is 214 g/mol. The second-order valence-electron chi connectivity index (χ2n) is 4.94. The minimum absolute atomic E-state index is 0.114. The van der Waals surface area contributed by atoms with Crippen LogP contribution in [0.15, 0.2) is 12.4 Å². The molecule has 0 bridgehead atoms. The molecule has 2 unspecified atom stereocenters. The van der Waals surface area contributed by atoms with Crippen molar-refractivity contribution in [3.8, 4) is 0 Å². The standard InChI is InChI=1S/C13H23N3O/c1-2-7-16-8-6-14-13(16)10-15-11-4-3-5-12(17)9-11/h6,8,11-12,15,17H,2-5,7,9-10H2,1H3. The van der Waals surface area contributed by atoms with Crippen LogP contribution in [0.25, 0.3) is 0 Å². The van der Waals surface area contributed by atoms with E-state index < -0.39 is 0 Å². The molecule has 1 aliphatic carbocycles. The molecule has 1 aliphatic rings. The molecule has 2 rings (SSSR count). The fraction of sp³-hybridized carbons (Fsp3) is 0.769. The average Bonchev–Trinajstić information content (AvgIpc) is 2.75. The van der Waals surface area contributed by atoms with E-state index in [1.807, 2.05) is 12.4 Å². The number of aryl methyl sites for hydroxylation is 1. The van der Waals surface area contributed by atoms with Crippen LogP contribution < -0.4 is 5.32 Å². The second-order valence-corrected chi connectivity index (χ2v) is 4.94. The number of nitrogens with zero attached hydrogens (tertiary/aromatic N) is 2. The number of hydrogen-bond acceptors (Lipinski definition) is 3. The first kappa shape index (κ1) is 12.6. The molecule has 1 aromatic heterocycles. The number of imidazole rings is 1. The number of rotatable bonds is 5. The smallest absolute Gasteiger partial charge is 0.122 e. The molecule has 2 atom stereocenters. The molecule has 0 radical (unpaired) electrons. The number of aliphatic hydroxyl groups excluding tert-OH is 1. The van der Waals surface area contributed by atoms with Gasteiger partial charge in [0, 0.05) is 25.0 Å². The molecule has 0 aromatic carbocycles. The van der Waals surface area contributed by atoms with E-state index in [1.54, 1.807) is 0 Å². The van der Waals surface area contributed by atoms with Crippen molar-refractivity contribution < 1.29 is 5.11 Å². The van der Waals surface area contributed by atoms with Crippen molar-refractivity contribution in [3.05, 3.63) is 18.2 Å². The summed E-state index contributed by atoms with van der Waals surface area (Å²) in [7, 11) is 0. The minimum atomic E-state index is -0.114. The lowest BCUT2D eigenvalue weighted by Gasteiger charge is -2.26. The van der Waals surface area contributed by atoms with E-state index in [2.05, 4.69) is 21.8 Å². The highest BCUT2D eigenvalue weighted by Crippen LogP contribution is 2.18. The van der Waals surface area contributed by atoms with Crippen molar-refractivity contribution in [2.24, 2.45) is 0 Å². The third-order valence-electron chi connectivity index (χ3n) is 3.46. The van der Waals surface area contributed by atoms with Crippen LogP contribution in [0.3, 0.4) is 0 Å². The Labute approximate surface area is 103 Å². The SMILES string of the molecule is CCCn1ccnc1CNC1CCCC(O)C1. The molecule has 0 amide bonds. The van der Waals surface area contributed by atoms with Gasteiger partial charge in [-0.25, -0.2) is 4.98 Å². The van der Waals surface area contributed by atoms with Gasteiger partial charge in [-0.2, -0.15) is 0 Å². The van der Waals surface area contributed by atoms with Crippen molar-refractivity contribution in [1.82, 2.24) is 14.9 Å². The predicted octanol–water partition coefficient (Wildman–Crippen LogP) is 1.69. The monoisotopic (exact) mass is 237 g/mol. The molecule has 1 saturated carbocycles. The summed E-state index contributed by atoms with van der Waals surface area (Å²) in [5.74, 6) is 1.10. The summed E-state index contributed by atoms with van der Waals surface area (Å²) in [5, 5.41) is 13.1. The molecule has 0 saturated heterocycles. The predicted molar refractivity (Wildman–Crippen MR) is 67.6 cm³/mol. The zero-order valence-corrected chi connectivity index (χ0v) is 10.6. The van der Waals surface area contributed by atoms with Crippen molar-refractivity contribution in [3.63, 3.8) is 0 Å². The summed E-state index contributed by atoms with van der Waals surface area (Å²) in [6, 6.07) is 0.450. The van der Waals surface area contributed by atoms with E-state index in [9.17, 15) is 5.11 Å². The summed E-state index contributed by atoms with van der Waals surface area (Å²) in [5.41, 5.74) is 0. The maximum absolute atomic E-state index is 9.61. The molecular formula is C13H23N3O. The number of nitrogens with one attached hydrogen (secondary N) is 1. The van der Waals surface area contributed by atoms with Gasteiger partial charge in [0.25, 0.3) is 0 Å². The third kappa shape index (κ3) is 3.54. The van der Waals surface area contributed by atoms with Crippen LogP contribution in [0.1, 0.15) is 44.9 Å². The summed E-state index contributed by atoms with van der Waals surface area (Å²) in [4.78, 5) is 4.38. The van der Waals surface area contributed by atoms with E-state index in [1.165, 1.54) is 6.42 Å². The molecule has 96 valence electrons. The molecule has 2 N–H and O–H groups in total. The van der Waals surface area contributed by atoms with Crippen LogP contribution >= 0.6 is 0 Å². The highest BCUT2D eigenvalue weighted by molar-refractivity contribution is 4.93. The van der Waals surface area contributed by atoms with Gasteiger partial charge in [-0.3, -0.25) is 0 Å². The normalized spacial score (nSPS) is 25.1. The van der Waals surface area contributed by atoms with Crippen LogP contribution in [0.2, 0.25) is 0 Å². The van der Waals surface area contributed by atoms with E-state index in [-0.39, 0.29) is 6.10 Å². The Bertz CT molecular complexity index is 337. The lowest BCUT2D eigenvalue weighted by molar-refractivity contribution is 0.111. The van der Waals surface area contributed by atoms with Gasteiger partial charge >= 0.3 is 0 Å². The van der Waals surface area contributed by atoms with Gasteiger partial charge in [-0.05, 0) is 32.1 Å². The Morgan fingerprint density at radius 1 is 1.53 bits per heavy atom. The van der Waals surface area contributed by atoms with Crippen molar-refractivity contribution >= 4 is 0 Å². The van der Waals surface area contributed by atoms with Gasteiger partial charge in [0.1, 0.15) is 5.82 Å². The number of hydrogen-bond donors (Lipinski definition) is 2. The fourth-order valence-electron chi connectivity index (χ4n) is 2.54. The van der Waals surface area contributed by atoms with Gasteiger partial charge in [0.05, 0.1) is 12.6 Å². The first-order valence-electron chi connectivity index (χ1n) is 6.71. The highest BCUT2D eigenvalue weighted by atomic mass is 16.3. The van der Waals surface area contributed by atoms with Gasteiger partial charge in [0.2, 0.25) is 0 Å². The summed E-state index contributed by atoms with van der Waals surface area (Å²) < 4.78 is 2.20. The van der Waals surface area contributed by atoms with Gasteiger partial charge in [0.15, 0.2) is 0 Å². The maximum atomic E-state index is 9.61. The van der Waals surface area contributed by atoms with Crippen molar-refractivity contribution in [2.45, 2.75) is 64.3 Å². The summed E-state index contributed by atoms with van der Waals surface area (Å²) >= 11 is 0. The Morgan fingerprint density at radius 3 is 3.18 bits per heavy atom. The van der Waals surface area contributed by atoms with Crippen LogP contribution in [0, 0.1) is 0 Å². The van der Waals surface area contributed by atoms with E-state index in [0.29, 0.717) is 6.04 Å². The first-order chi connectivity index (χ1) is 8.29. The minimum Gasteiger partial charge on any atom is -0.393 e. The van der Waals surface area contributed by atoms with Crippen LogP contribution in [-0.4, -0.2) is 26.8 Å². The van der Waals surface area contributed by atoms with Crippen molar-refractivity contribution in [2.75, 3.05) is 0 Å². The van der Waals surface area contributed by atoms with E-state index >= 15 is 0 Å². The Hall–Kier alpha value is -0.870. The lowest BCUT2D eigenvalue weighted by atomic mass is 9.93. The molecule has 17 heavy (non-hydrogen) atoms. The molecule has 1 aromatic rings. The van der Waals surface area contributed by atoms with Gasteiger partial charge < -0.3 is 15.0 Å². The third-order valence-corrected chi connectivity index (χ3v) is 3.46. The first-order valence-corrected chi connectivity index (χ1v) is 6.71. The second kappa shape index (κ2) is 6.17. The maximum Gasteiger partial charge on any atom is 0.122 e. The molecule has 4 heteroatoms. The Balaban J connectivity index is 1.82. The Kier molecular flexibility index (Phi) is 4.57. The molecule has 1 fully saturated rings.